The topological polar surface area (TPSA) is 72.3 Å². The number of hydrogen-bond donors (Lipinski definition) is 1. The molecule has 1 saturated heterocycles. The van der Waals surface area contributed by atoms with E-state index in [1.807, 2.05) is 36.1 Å². The van der Waals surface area contributed by atoms with Crippen molar-refractivity contribution in [1.29, 1.82) is 0 Å². The second-order valence-electron chi connectivity index (χ2n) is 6.84. The SMILES string of the molecule is CCOCc1ccc(C(=O)N2CCn3c(nnc3C3CCCN3)C2)cc1. The number of carbonyl (C=O) groups excluding carboxylic acids is 1. The molecule has 1 aromatic carbocycles. The van der Waals surface area contributed by atoms with Crippen LogP contribution in [0, 0.1) is 0 Å². The van der Waals surface area contributed by atoms with E-state index in [4.69, 9.17) is 4.74 Å². The third-order valence-electron chi connectivity index (χ3n) is 5.11. The molecule has 1 fully saturated rings. The summed E-state index contributed by atoms with van der Waals surface area (Å²) in [7, 11) is 0. The van der Waals surface area contributed by atoms with E-state index in [9.17, 15) is 4.79 Å². The van der Waals surface area contributed by atoms with Crippen LogP contribution in [0.15, 0.2) is 24.3 Å². The van der Waals surface area contributed by atoms with Crippen molar-refractivity contribution < 1.29 is 9.53 Å². The van der Waals surface area contributed by atoms with Crippen molar-refractivity contribution in [1.82, 2.24) is 25.0 Å². The minimum Gasteiger partial charge on any atom is -0.377 e. The predicted molar refractivity (Wildman–Crippen MR) is 96.5 cm³/mol. The molecule has 0 aliphatic carbocycles. The molecule has 7 nitrogen and oxygen atoms in total. The quantitative estimate of drug-likeness (QED) is 0.887. The molecule has 2 aliphatic heterocycles. The number of hydrogen-bond acceptors (Lipinski definition) is 5. The van der Waals surface area contributed by atoms with Crippen LogP contribution in [0.25, 0.3) is 0 Å². The van der Waals surface area contributed by atoms with Crippen LogP contribution in [-0.4, -0.2) is 45.3 Å². The van der Waals surface area contributed by atoms with Gasteiger partial charge in [-0.3, -0.25) is 4.79 Å². The molecule has 1 atom stereocenters. The molecule has 0 spiro atoms. The van der Waals surface area contributed by atoms with Gasteiger partial charge in [-0.1, -0.05) is 12.1 Å². The van der Waals surface area contributed by atoms with Gasteiger partial charge in [0.15, 0.2) is 5.82 Å². The third kappa shape index (κ3) is 3.37. The Bertz CT molecular complexity index is 765. The first kappa shape index (κ1) is 17.2. The molecule has 2 aliphatic rings. The van der Waals surface area contributed by atoms with Crippen LogP contribution in [0.4, 0.5) is 0 Å². The Morgan fingerprint density at radius 1 is 1.27 bits per heavy atom. The minimum atomic E-state index is 0.0442. The molecule has 0 radical (unpaired) electrons. The Morgan fingerprint density at radius 3 is 2.85 bits per heavy atom. The first-order valence-electron chi connectivity index (χ1n) is 9.37. The number of carbonyl (C=O) groups is 1. The normalized spacial score (nSPS) is 19.6. The van der Waals surface area contributed by atoms with Crippen LogP contribution in [0.3, 0.4) is 0 Å². The fourth-order valence-corrected chi connectivity index (χ4v) is 3.66. The van der Waals surface area contributed by atoms with Crippen LogP contribution in [0.5, 0.6) is 0 Å². The zero-order valence-electron chi connectivity index (χ0n) is 15.1. The van der Waals surface area contributed by atoms with Crippen LogP contribution in [-0.2, 0) is 24.4 Å². The van der Waals surface area contributed by atoms with E-state index < -0.39 is 0 Å². The standard InChI is InChI=1S/C19H25N5O2/c1-2-26-13-14-5-7-15(8-6-14)19(25)23-10-11-24-17(12-23)21-22-18(24)16-4-3-9-20-16/h5-8,16,20H,2-4,9-13H2,1H3. The highest BCUT2D eigenvalue weighted by atomic mass is 16.5. The third-order valence-corrected chi connectivity index (χ3v) is 5.11. The van der Waals surface area contributed by atoms with Gasteiger partial charge in [-0.25, -0.2) is 0 Å². The van der Waals surface area contributed by atoms with Crippen molar-refractivity contribution in [3.05, 3.63) is 47.0 Å². The largest absolute Gasteiger partial charge is 0.377 e. The first-order valence-corrected chi connectivity index (χ1v) is 9.37. The Hall–Kier alpha value is -2.25. The molecule has 2 aromatic rings. The van der Waals surface area contributed by atoms with Gasteiger partial charge in [0.2, 0.25) is 0 Å². The number of rotatable bonds is 5. The van der Waals surface area contributed by atoms with Gasteiger partial charge in [-0.15, -0.1) is 10.2 Å². The number of nitrogens with zero attached hydrogens (tertiary/aromatic N) is 4. The number of fused-ring (bicyclic) bond motifs is 1. The summed E-state index contributed by atoms with van der Waals surface area (Å²) in [5.74, 6) is 1.94. The predicted octanol–water partition coefficient (Wildman–Crippen LogP) is 1.90. The van der Waals surface area contributed by atoms with Crippen LogP contribution in [0.1, 0.15) is 53.4 Å². The average Bonchev–Trinajstić information content (AvgIpc) is 3.35. The van der Waals surface area contributed by atoms with Gasteiger partial charge in [-0.05, 0) is 44.0 Å². The molecule has 26 heavy (non-hydrogen) atoms. The average molecular weight is 355 g/mol. The number of nitrogens with one attached hydrogen (secondary N) is 1. The smallest absolute Gasteiger partial charge is 0.254 e. The highest BCUT2D eigenvalue weighted by molar-refractivity contribution is 5.94. The molecular formula is C19H25N5O2. The highest BCUT2D eigenvalue weighted by Gasteiger charge is 2.29. The molecule has 7 heteroatoms. The molecule has 4 rings (SSSR count). The first-order chi connectivity index (χ1) is 12.8. The van der Waals surface area contributed by atoms with Crippen LogP contribution in [0.2, 0.25) is 0 Å². The second kappa shape index (κ2) is 7.55. The Balaban J connectivity index is 1.44. The summed E-state index contributed by atoms with van der Waals surface area (Å²) in [5.41, 5.74) is 1.78. The van der Waals surface area contributed by atoms with Crippen LogP contribution < -0.4 is 5.32 Å². The number of aromatic nitrogens is 3. The molecule has 1 amide bonds. The lowest BCUT2D eigenvalue weighted by molar-refractivity contribution is 0.0705. The van der Waals surface area contributed by atoms with Gasteiger partial charge in [0, 0.05) is 25.3 Å². The molecular weight excluding hydrogens is 330 g/mol. The zero-order chi connectivity index (χ0) is 17.9. The van der Waals surface area contributed by atoms with E-state index in [-0.39, 0.29) is 5.91 Å². The van der Waals surface area contributed by atoms with Crippen LogP contribution >= 0.6 is 0 Å². The van der Waals surface area contributed by atoms with Crippen molar-refractivity contribution in [2.45, 2.75) is 45.5 Å². The molecule has 3 heterocycles. The van der Waals surface area contributed by atoms with E-state index in [1.54, 1.807) is 0 Å². The monoisotopic (exact) mass is 355 g/mol. The Morgan fingerprint density at radius 2 is 2.12 bits per heavy atom. The Labute approximate surface area is 153 Å². The highest BCUT2D eigenvalue weighted by Crippen LogP contribution is 2.24. The lowest BCUT2D eigenvalue weighted by Crippen LogP contribution is -2.39. The van der Waals surface area contributed by atoms with Crippen molar-refractivity contribution in [3.63, 3.8) is 0 Å². The van der Waals surface area contributed by atoms with Crippen molar-refractivity contribution in [2.24, 2.45) is 0 Å². The Kier molecular flexibility index (Phi) is 4.99. The summed E-state index contributed by atoms with van der Waals surface area (Å²) in [6.45, 7) is 6.23. The number of ether oxygens (including phenoxy) is 1. The lowest BCUT2D eigenvalue weighted by Gasteiger charge is -2.28. The summed E-state index contributed by atoms with van der Waals surface area (Å²) < 4.78 is 7.58. The summed E-state index contributed by atoms with van der Waals surface area (Å²) in [4.78, 5) is 14.7. The summed E-state index contributed by atoms with van der Waals surface area (Å²) in [6.07, 6.45) is 2.28. The summed E-state index contributed by atoms with van der Waals surface area (Å²) in [5, 5.41) is 12.2. The maximum absolute atomic E-state index is 12.8. The number of benzene rings is 1. The molecule has 1 aromatic heterocycles. The van der Waals surface area contributed by atoms with Gasteiger partial charge in [0.1, 0.15) is 5.82 Å². The minimum absolute atomic E-state index is 0.0442. The van der Waals surface area contributed by atoms with Crippen molar-refractivity contribution in [2.75, 3.05) is 19.7 Å². The van der Waals surface area contributed by atoms with Crippen molar-refractivity contribution >= 4 is 5.91 Å². The van der Waals surface area contributed by atoms with E-state index in [0.29, 0.717) is 37.9 Å². The van der Waals surface area contributed by atoms with Gasteiger partial charge in [0.05, 0.1) is 19.2 Å². The van der Waals surface area contributed by atoms with E-state index >= 15 is 0 Å². The van der Waals surface area contributed by atoms with Gasteiger partial charge in [-0.2, -0.15) is 0 Å². The maximum Gasteiger partial charge on any atom is 0.254 e. The van der Waals surface area contributed by atoms with E-state index in [0.717, 1.165) is 36.7 Å². The van der Waals surface area contributed by atoms with E-state index in [1.165, 1.54) is 6.42 Å². The molecule has 1 N–H and O–H groups in total. The zero-order valence-corrected chi connectivity index (χ0v) is 15.1. The molecule has 0 bridgehead atoms. The summed E-state index contributed by atoms with van der Waals surface area (Å²) >= 11 is 0. The lowest BCUT2D eigenvalue weighted by atomic mass is 10.1. The second-order valence-corrected chi connectivity index (χ2v) is 6.84. The van der Waals surface area contributed by atoms with Crippen molar-refractivity contribution in [3.8, 4) is 0 Å². The van der Waals surface area contributed by atoms with Gasteiger partial charge < -0.3 is 19.5 Å². The molecule has 0 saturated carbocycles. The van der Waals surface area contributed by atoms with Gasteiger partial charge in [0.25, 0.3) is 5.91 Å². The number of amides is 1. The summed E-state index contributed by atoms with van der Waals surface area (Å²) in [6, 6.07) is 7.98. The fourth-order valence-electron chi connectivity index (χ4n) is 3.66. The van der Waals surface area contributed by atoms with E-state index in [2.05, 4.69) is 20.1 Å². The molecule has 138 valence electrons. The fraction of sp³-hybridized carbons (Fsp3) is 0.526. The maximum atomic E-state index is 12.8. The van der Waals surface area contributed by atoms with Gasteiger partial charge >= 0.3 is 0 Å². The molecule has 1 unspecified atom stereocenters.